The summed E-state index contributed by atoms with van der Waals surface area (Å²) in [6.07, 6.45) is 12.3. The van der Waals surface area contributed by atoms with Gasteiger partial charge in [-0.1, -0.05) is 30.9 Å². The van der Waals surface area contributed by atoms with E-state index in [2.05, 4.69) is 32.2 Å². The average Bonchev–Trinajstić information content (AvgIpc) is 2.87. The van der Waals surface area contributed by atoms with E-state index in [1.54, 1.807) is 5.57 Å². The van der Waals surface area contributed by atoms with Crippen LogP contribution >= 0.6 is 0 Å². The van der Waals surface area contributed by atoms with Gasteiger partial charge in [0.1, 0.15) is 0 Å². The van der Waals surface area contributed by atoms with Crippen LogP contribution in [0.25, 0.3) is 0 Å². The van der Waals surface area contributed by atoms with Crippen LogP contribution in [0.3, 0.4) is 0 Å². The van der Waals surface area contributed by atoms with E-state index in [0.717, 1.165) is 19.1 Å². The fourth-order valence-electron chi connectivity index (χ4n) is 3.15. The van der Waals surface area contributed by atoms with Crippen molar-refractivity contribution in [3.63, 3.8) is 0 Å². The summed E-state index contributed by atoms with van der Waals surface area (Å²) in [5.74, 6) is 0.799. The number of nitrogens with one attached hydrogen (secondary N) is 1. The molecule has 1 heterocycles. The van der Waals surface area contributed by atoms with E-state index in [0.29, 0.717) is 6.10 Å². The molecule has 2 aliphatic rings. The van der Waals surface area contributed by atoms with Crippen LogP contribution < -0.4 is 5.32 Å². The van der Waals surface area contributed by atoms with Crippen molar-refractivity contribution >= 4 is 0 Å². The van der Waals surface area contributed by atoms with Crippen molar-refractivity contribution in [2.45, 2.75) is 77.4 Å². The van der Waals surface area contributed by atoms with Gasteiger partial charge < -0.3 is 10.1 Å². The van der Waals surface area contributed by atoms with Crippen molar-refractivity contribution in [2.75, 3.05) is 13.2 Å². The SMILES string of the molecule is CC(C)(C)NCC(=CC1CCCO1)C1CCCCC1. The molecule has 0 spiro atoms. The first kappa shape index (κ1) is 15.1. The molecule has 1 aliphatic carbocycles. The van der Waals surface area contributed by atoms with Gasteiger partial charge in [0.15, 0.2) is 0 Å². The van der Waals surface area contributed by atoms with E-state index in [1.807, 2.05) is 0 Å². The zero-order valence-electron chi connectivity index (χ0n) is 13.0. The second-order valence-electron chi connectivity index (χ2n) is 7.23. The third-order valence-corrected chi connectivity index (χ3v) is 4.32. The first-order valence-electron chi connectivity index (χ1n) is 8.12. The lowest BCUT2D eigenvalue weighted by molar-refractivity contribution is 0.144. The Morgan fingerprint density at radius 2 is 1.84 bits per heavy atom. The van der Waals surface area contributed by atoms with Crippen LogP contribution in [0.2, 0.25) is 0 Å². The van der Waals surface area contributed by atoms with Gasteiger partial charge in [-0.3, -0.25) is 0 Å². The summed E-state index contributed by atoms with van der Waals surface area (Å²) in [5.41, 5.74) is 1.81. The monoisotopic (exact) mass is 265 g/mol. The molecule has 19 heavy (non-hydrogen) atoms. The van der Waals surface area contributed by atoms with Crippen molar-refractivity contribution < 1.29 is 4.74 Å². The molecule has 0 bridgehead atoms. The van der Waals surface area contributed by atoms with E-state index in [9.17, 15) is 0 Å². The lowest BCUT2D eigenvalue weighted by Crippen LogP contribution is -2.38. The van der Waals surface area contributed by atoms with Crippen molar-refractivity contribution in [3.8, 4) is 0 Å². The van der Waals surface area contributed by atoms with E-state index in [1.165, 1.54) is 44.9 Å². The largest absolute Gasteiger partial charge is 0.374 e. The Balaban J connectivity index is 1.98. The standard InChI is InChI=1S/C17H31NO/c1-17(2,3)18-13-15(12-16-10-7-11-19-16)14-8-5-4-6-9-14/h12,14,16,18H,4-11,13H2,1-3H3. The smallest absolute Gasteiger partial charge is 0.0759 e. The molecule has 1 atom stereocenters. The lowest BCUT2D eigenvalue weighted by Gasteiger charge is -2.29. The molecule has 0 radical (unpaired) electrons. The van der Waals surface area contributed by atoms with Crippen molar-refractivity contribution in [1.29, 1.82) is 0 Å². The Kier molecular flexibility index (Phi) is 5.47. The molecule has 0 amide bonds. The van der Waals surface area contributed by atoms with Gasteiger partial charge in [-0.15, -0.1) is 0 Å². The van der Waals surface area contributed by atoms with Crippen LogP contribution in [-0.2, 0) is 4.74 Å². The summed E-state index contributed by atoms with van der Waals surface area (Å²) < 4.78 is 5.80. The third kappa shape index (κ3) is 5.27. The van der Waals surface area contributed by atoms with Gasteiger partial charge in [-0.05, 0) is 52.4 Å². The summed E-state index contributed by atoms with van der Waals surface area (Å²) in [6, 6.07) is 0. The van der Waals surface area contributed by atoms with Crippen molar-refractivity contribution in [2.24, 2.45) is 5.92 Å². The highest BCUT2D eigenvalue weighted by molar-refractivity contribution is 5.13. The van der Waals surface area contributed by atoms with Crippen LogP contribution in [0.5, 0.6) is 0 Å². The van der Waals surface area contributed by atoms with Crippen LogP contribution in [0.1, 0.15) is 65.7 Å². The van der Waals surface area contributed by atoms with Crippen LogP contribution in [0.4, 0.5) is 0 Å². The highest BCUT2D eigenvalue weighted by atomic mass is 16.5. The quantitative estimate of drug-likeness (QED) is 0.774. The molecule has 0 aromatic rings. The Labute approximate surface area is 119 Å². The van der Waals surface area contributed by atoms with Crippen LogP contribution in [-0.4, -0.2) is 24.8 Å². The van der Waals surface area contributed by atoms with Gasteiger partial charge in [-0.25, -0.2) is 0 Å². The number of hydrogen-bond acceptors (Lipinski definition) is 2. The maximum Gasteiger partial charge on any atom is 0.0759 e. The Morgan fingerprint density at radius 3 is 2.42 bits per heavy atom. The van der Waals surface area contributed by atoms with Gasteiger partial charge in [0.2, 0.25) is 0 Å². The molecule has 1 saturated carbocycles. The minimum Gasteiger partial charge on any atom is -0.374 e. The average molecular weight is 265 g/mol. The van der Waals surface area contributed by atoms with Crippen molar-refractivity contribution in [3.05, 3.63) is 11.6 Å². The van der Waals surface area contributed by atoms with Gasteiger partial charge in [0.25, 0.3) is 0 Å². The topological polar surface area (TPSA) is 21.3 Å². The molecule has 2 heteroatoms. The predicted octanol–water partition coefficient (Wildman–Crippen LogP) is 4.06. The van der Waals surface area contributed by atoms with Crippen LogP contribution in [0.15, 0.2) is 11.6 Å². The summed E-state index contributed by atoms with van der Waals surface area (Å²) >= 11 is 0. The Bertz CT molecular complexity index is 291. The van der Waals surface area contributed by atoms with Gasteiger partial charge in [0, 0.05) is 18.7 Å². The Hall–Kier alpha value is -0.340. The molecule has 0 aromatic carbocycles. The normalized spacial score (nSPS) is 26.9. The molecular weight excluding hydrogens is 234 g/mol. The van der Waals surface area contributed by atoms with E-state index >= 15 is 0 Å². The van der Waals surface area contributed by atoms with Gasteiger partial charge in [0.05, 0.1) is 6.10 Å². The fourth-order valence-corrected chi connectivity index (χ4v) is 3.15. The third-order valence-electron chi connectivity index (χ3n) is 4.32. The van der Waals surface area contributed by atoms with E-state index < -0.39 is 0 Å². The summed E-state index contributed by atoms with van der Waals surface area (Å²) in [4.78, 5) is 0. The highest BCUT2D eigenvalue weighted by Crippen LogP contribution is 2.31. The molecule has 1 aliphatic heterocycles. The maximum atomic E-state index is 5.80. The molecule has 1 unspecified atom stereocenters. The first-order valence-corrected chi connectivity index (χ1v) is 8.12. The molecule has 2 nitrogen and oxygen atoms in total. The molecule has 110 valence electrons. The number of ether oxygens (including phenoxy) is 1. The lowest BCUT2D eigenvalue weighted by atomic mass is 9.82. The van der Waals surface area contributed by atoms with Crippen molar-refractivity contribution in [1.82, 2.24) is 5.32 Å². The second-order valence-corrected chi connectivity index (χ2v) is 7.23. The maximum absolute atomic E-state index is 5.80. The second kappa shape index (κ2) is 6.90. The zero-order chi connectivity index (χ0) is 13.7. The molecule has 1 N–H and O–H groups in total. The minimum absolute atomic E-state index is 0.199. The van der Waals surface area contributed by atoms with Gasteiger partial charge >= 0.3 is 0 Å². The van der Waals surface area contributed by atoms with Crippen LogP contribution in [0, 0.1) is 5.92 Å². The van der Waals surface area contributed by atoms with Gasteiger partial charge in [-0.2, -0.15) is 0 Å². The fraction of sp³-hybridized carbons (Fsp3) is 0.882. The highest BCUT2D eigenvalue weighted by Gasteiger charge is 2.22. The zero-order valence-corrected chi connectivity index (χ0v) is 13.0. The summed E-state index contributed by atoms with van der Waals surface area (Å²) in [7, 11) is 0. The molecule has 2 fully saturated rings. The van der Waals surface area contributed by atoms with E-state index in [-0.39, 0.29) is 5.54 Å². The molecule has 1 saturated heterocycles. The molecular formula is C17H31NO. The summed E-state index contributed by atoms with van der Waals surface area (Å²) in [5, 5.41) is 3.67. The summed E-state index contributed by atoms with van der Waals surface area (Å²) in [6.45, 7) is 8.73. The molecule has 2 rings (SSSR count). The first-order chi connectivity index (χ1) is 9.04. The number of hydrogen-bond donors (Lipinski definition) is 1. The van der Waals surface area contributed by atoms with E-state index in [4.69, 9.17) is 4.74 Å². The molecule has 0 aromatic heterocycles. The Morgan fingerprint density at radius 1 is 1.11 bits per heavy atom. The predicted molar refractivity (Wildman–Crippen MR) is 81.4 cm³/mol. The number of rotatable bonds is 4. The minimum atomic E-state index is 0.199.